The van der Waals surface area contributed by atoms with Gasteiger partial charge in [-0.3, -0.25) is 9.10 Å². The number of nitrogens with one attached hydrogen (secondary N) is 1. The van der Waals surface area contributed by atoms with Gasteiger partial charge >= 0.3 is 0 Å². The fourth-order valence-corrected chi connectivity index (χ4v) is 5.75. The number of anilines is 1. The molecular weight excluding hydrogens is 450 g/mol. The minimum atomic E-state index is -3.64. The monoisotopic (exact) mass is 471 g/mol. The van der Waals surface area contributed by atoms with Crippen molar-refractivity contribution in [3.05, 3.63) is 102 Å². The Bertz CT molecular complexity index is 1520. The molecule has 8 heteroatoms. The molecular formula is C26H21N3O4S. The Morgan fingerprint density at radius 1 is 0.971 bits per heavy atom. The van der Waals surface area contributed by atoms with Crippen molar-refractivity contribution in [2.75, 3.05) is 11.4 Å². The second kappa shape index (κ2) is 8.64. The molecule has 0 radical (unpaired) electrons. The van der Waals surface area contributed by atoms with Gasteiger partial charge in [-0.2, -0.15) is 5.10 Å². The van der Waals surface area contributed by atoms with Gasteiger partial charge in [-0.05, 0) is 47.3 Å². The highest BCUT2D eigenvalue weighted by molar-refractivity contribution is 7.93. The summed E-state index contributed by atoms with van der Waals surface area (Å²) in [5, 5.41) is 5.64. The van der Waals surface area contributed by atoms with E-state index in [1.165, 1.54) is 10.5 Å². The number of hydrogen-bond acceptors (Lipinski definition) is 5. The number of ether oxygens (including phenoxy) is 1. The lowest BCUT2D eigenvalue weighted by Gasteiger charge is -2.19. The van der Waals surface area contributed by atoms with E-state index in [9.17, 15) is 13.2 Å². The average molecular weight is 472 g/mol. The molecule has 0 aromatic heterocycles. The highest BCUT2D eigenvalue weighted by atomic mass is 32.2. The SMILES string of the molecule is COc1ccccc1/C=N/NC(=O)c1ccc(CN2c3cccc4cccc(c34)S2(=O)=O)cc1. The minimum Gasteiger partial charge on any atom is -0.496 e. The van der Waals surface area contributed by atoms with Gasteiger partial charge in [0.05, 0.1) is 30.5 Å². The molecule has 0 fully saturated rings. The molecule has 1 aliphatic heterocycles. The van der Waals surface area contributed by atoms with E-state index in [2.05, 4.69) is 10.5 Å². The average Bonchev–Trinajstić information content (AvgIpc) is 3.08. The van der Waals surface area contributed by atoms with Gasteiger partial charge in [0.1, 0.15) is 5.75 Å². The van der Waals surface area contributed by atoms with Crippen LogP contribution in [-0.2, 0) is 16.6 Å². The molecule has 5 rings (SSSR count). The van der Waals surface area contributed by atoms with Crippen molar-refractivity contribution in [3.8, 4) is 5.75 Å². The van der Waals surface area contributed by atoms with E-state index >= 15 is 0 Å². The fourth-order valence-electron chi connectivity index (χ4n) is 4.05. The molecule has 0 atom stereocenters. The second-order valence-corrected chi connectivity index (χ2v) is 9.61. The summed E-state index contributed by atoms with van der Waals surface area (Å²) in [5.41, 5.74) is 5.08. The van der Waals surface area contributed by atoms with Crippen LogP contribution in [0.1, 0.15) is 21.5 Å². The molecule has 170 valence electrons. The molecule has 34 heavy (non-hydrogen) atoms. The smallest absolute Gasteiger partial charge is 0.271 e. The van der Waals surface area contributed by atoms with E-state index < -0.39 is 10.0 Å². The molecule has 0 spiro atoms. The van der Waals surface area contributed by atoms with Crippen molar-refractivity contribution in [2.45, 2.75) is 11.4 Å². The maximum atomic E-state index is 13.2. The third-order valence-electron chi connectivity index (χ3n) is 5.73. The first-order chi connectivity index (χ1) is 16.5. The van der Waals surface area contributed by atoms with E-state index in [1.807, 2.05) is 42.5 Å². The van der Waals surface area contributed by atoms with E-state index in [4.69, 9.17) is 4.74 Å². The van der Waals surface area contributed by atoms with Crippen LogP contribution in [0.3, 0.4) is 0 Å². The molecule has 1 amide bonds. The summed E-state index contributed by atoms with van der Waals surface area (Å²) in [6.07, 6.45) is 1.52. The molecule has 1 aliphatic rings. The molecule has 0 aliphatic carbocycles. The van der Waals surface area contributed by atoms with Crippen LogP contribution in [0, 0.1) is 0 Å². The van der Waals surface area contributed by atoms with Gasteiger partial charge in [0.25, 0.3) is 15.9 Å². The maximum absolute atomic E-state index is 13.2. The summed E-state index contributed by atoms with van der Waals surface area (Å²) in [6.45, 7) is 0.171. The van der Waals surface area contributed by atoms with Crippen LogP contribution in [0.25, 0.3) is 10.8 Å². The third kappa shape index (κ3) is 3.78. The van der Waals surface area contributed by atoms with Gasteiger partial charge in [0.15, 0.2) is 0 Å². The van der Waals surface area contributed by atoms with Crippen LogP contribution in [0.2, 0.25) is 0 Å². The van der Waals surface area contributed by atoms with Crippen LogP contribution >= 0.6 is 0 Å². The number of sulfonamides is 1. The Labute approximate surface area is 197 Å². The van der Waals surface area contributed by atoms with Gasteiger partial charge in [0, 0.05) is 16.5 Å². The van der Waals surface area contributed by atoms with E-state index in [1.54, 1.807) is 49.6 Å². The molecule has 0 bridgehead atoms. The first-order valence-electron chi connectivity index (χ1n) is 10.6. The van der Waals surface area contributed by atoms with Crippen molar-refractivity contribution in [1.29, 1.82) is 0 Å². The lowest BCUT2D eigenvalue weighted by molar-refractivity contribution is 0.0955. The number of para-hydroxylation sites is 1. The largest absolute Gasteiger partial charge is 0.496 e. The van der Waals surface area contributed by atoms with Crippen LogP contribution in [-0.4, -0.2) is 27.6 Å². The summed E-state index contributed by atoms with van der Waals surface area (Å²) in [5.74, 6) is 0.281. The molecule has 1 N–H and O–H groups in total. The van der Waals surface area contributed by atoms with Crippen molar-refractivity contribution < 1.29 is 17.9 Å². The van der Waals surface area contributed by atoms with Crippen LogP contribution < -0.4 is 14.5 Å². The van der Waals surface area contributed by atoms with E-state index in [0.717, 1.165) is 21.9 Å². The van der Waals surface area contributed by atoms with Crippen LogP contribution in [0.5, 0.6) is 5.75 Å². The normalized spacial score (nSPS) is 14.0. The number of hydrogen-bond donors (Lipinski definition) is 1. The van der Waals surface area contributed by atoms with Crippen LogP contribution in [0.4, 0.5) is 5.69 Å². The van der Waals surface area contributed by atoms with E-state index in [-0.39, 0.29) is 12.5 Å². The van der Waals surface area contributed by atoms with Crippen molar-refractivity contribution in [1.82, 2.24) is 5.43 Å². The fraction of sp³-hybridized carbons (Fsp3) is 0.0769. The number of carbonyl (C=O) groups excluding carboxylic acids is 1. The molecule has 4 aromatic rings. The first kappa shape index (κ1) is 21.7. The quantitative estimate of drug-likeness (QED) is 0.335. The van der Waals surface area contributed by atoms with Crippen LogP contribution in [0.15, 0.2) is 94.9 Å². The Morgan fingerprint density at radius 3 is 2.47 bits per heavy atom. The van der Waals surface area contributed by atoms with Gasteiger partial charge in [0.2, 0.25) is 0 Å². The lowest BCUT2D eigenvalue weighted by atomic mass is 10.1. The molecule has 0 unspecified atom stereocenters. The number of methoxy groups -OCH3 is 1. The maximum Gasteiger partial charge on any atom is 0.271 e. The van der Waals surface area contributed by atoms with Gasteiger partial charge in [-0.15, -0.1) is 0 Å². The summed E-state index contributed by atoms with van der Waals surface area (Å²) in [4.78, 5) is 12.8. The zero-order valence-electron chi connectivity index (χ0n) is 18.3. The van der Waals surface area contributed by atoms with Crippen molar-refractivity contribution >= 4 is 38.6 Å². The number of rotatable bonds is 6. The number of hydrazone groups is 1. The molecule has 0 saturated heterocycles. The third-order valence-corrected chi connectivity index (χ3v) is 7.53. The predicted octanol–water partition coefficient (Wildman–Crippen LogP) is 4.32. The number of carbonyl (C=O) groups is 1. The van der Waals surface area contributed by atoms with Gasteiger partial charge in [-0.25, -0.2) is 13.8 Å². The number of benzene rings is 4. The zero-order valence-corrected chi connectivity index (χ0v) is 19.1. The standard InChI is InChI=1S/C26H21N3O4S/c1-33-23-10-3-2-6-21(23)16-27-28-26(30)20-14-12-18(13-15-20)17-29-22-9-4-7-19-8-5-11-24(25(19)22)34(29,31)32/h2-16H,17H2,1H3,(H,28,30)/b27-16+. The summed E-state index contributed by atoms with van der Waals surface area (Å²) in [7, 11) is -2.07. The first-order valence-corrected chi connectivity index (χ1v) is 12.0. The predicted molar refractivity (Wildman–Crippen MR) is 132 cm³/mol. The van der Waals surface area contributed by atoms with E-state index in [0.29, 0.717) is 21.9 Å². The number of nitrogens with zero attached hydrogens (tertiary/aromatic N) is 2. The summed E-state index contributed by atoms with van der Waals surface area (Å²) in [6, 6.07) is 25.0. The van der Waals surface area contributed by atoms with Crippen molar-refractivity contribution in [2.24, 2.45) is 5.10 Å². The lowest BCUT2D eigenvalue weighted by Crippen LogP contribution is -2.26. The molecule has 4 aromatic carbocycles. The molecule has 7 nitrogen and oxygen atoms in total. The Kier molecular flexibility index (Phi) is 5.51. The van der Waals surface area contributed by atoms with Crippen molar-refractivity contribution in [3.63, 3.8) is 0 Å². The Balaban J connectivity index is 1.31. The summed E-state index contributed by atoms with van der Waals surface area (Å²) < 4.78 is 33.0. The minimum absolute atomic E-state index is 0.171. The van der Waals surface area contributed by atoms with Gasteiger partial charge in [-0.1, -0.05) is 48.5 Å². The second-order valence-electron chi connectivity index (χ2n) is 7.78. The highest BCUT2D eigenvalue weighted by Crippen LogP contribution is 2.42. The highest BCUT2D eigenvalue weighted by Gasteiger charge is 2.35. The van der Waals surface area contributed by atoms with Gasteiger partial charge < -0.3 is 4.74 Å². The Morgan fingerprint density at radius 2 is 1.71 bits per heavy atom. The zero-order chi connectivity index (χ0) is 23.7. The topological polar surface area (TPSA) is 88.1 Å². The Hall–Kier alpha value is -4.17. The number of amides is 1. The molecule has 0 saturated carbocycles. The molecule has 1 heterocycles. The summed E-state index contributed by atoms with van der Waals surface area (Å²) >= 11 is 0.